The van der Waals surface area contributed by atoms with E-state index in [0.717, 1.165) is 24.9 Å². The molecule has 0 saturated carbocycles. The molecule has 0 bridgehead atoms. The Morgan fingerprint density at radius 3 is 3.00 bits per heavy atom. The van der Waals surface area contributed by atoms with Gasteiger partial charge in [-0.2, -0.15) is 10.2 Å². The maximum atomic E-state index is 13.0. The number of aryl methyl sites for hydroxylation is 1. The highest BCUT2D eigenvalue weighted by Crippen LogP contribution is 2.32. The normalized spacial score (nSPS) is 17.4. The van der Waals surface area contributed by atoms with E-state index in [9.17, 15) is 4.79 Å². The fourth-order valence-electron chi connectivity index (χ4n) is 3.14. The van der Waals surface area contributed by atoms with Crippen molar-refractivity contribution in [2.24, 2.45) is 7.05 Å². The van der Waals surface area contributed by atoms with Crippen molar-refractivity contribution in [2.75, 3.05) is 6.54 Å². The minimum absolute atomic E-state index is 0.00474. The first-order chi connectivity index (χ1) is 11.7. The van der Waals surface area contributed by atoms with Crippen LogP contribution in [0, 0.1) is 0 Å². The zero-order chi connectivity index (χ0) is 16.5. The van der Waals surface area contributed by atoms with Crippen molar-refractivity contribution in [1.29, 1.82) is 0 Å². The monoisotopic (exact) mass is 323 g/mol. The summed E-state index contributed by atoms with van der Waals surface area (Å²) >= 11 is 0. The van der Waals surface area contributed by atoms with Gasteiger partial charge in [-0.3, -0.25) is 9.48 Å². The van der Waals surface area contributed by atoms with E-state index in [1.165, 1.54) is 6.33 Å². The van der Waals surface area contributed by atoms with Crippen molar-refractivity contribution in [3.05, 3.63) is 54.5 Å². The van der Waals surface area contributed by atoms with Gasteiger partial charge >= 0.3 is 0 Å². The molecule has 0 aliphatic carbocycles. The van der Waals surface area contributed by atoms with Gasteiger partial charge < -0.3 is 4.90 Å². The average Bonchev–Trinajstić information content (AvgIpc) is 3.35. The fourth-order valence-corrected chi connectivity index (χ4v) is 3.14. The number of rotatable bonds is 3. The molecule has 3 aromatic rings. The predicted octanol–water partition coefficient (Wildman–Crippen LogP) is 1.37. The Morgan fingerprint density at radius 1 is 1.33 bits per heavy atom. The molecule has 8 heteroatoms. The van der Waals surface area contributed by atoms with E-state index >= 15 is 0 Å². The van der Waals surface area contributed by atoms with E-state index in [1.54, 1.807) is 34.0 Å². The molecule has 1 atom stereocenters. The van der Waals surface area contributed by atoms with Crippen LogP contribution in [0.5, 0.6) is 0 Å². The van der Waals surface area contributed by atoms with Crippen LogP contribution < -0.4 is 0 Å². The molecule has 0 N–H and O–H groups in total. The van der Waals surface area contributed by atoms with Crippen LogP contribution in [-0.4, -0.2) is 46.9 Å². The number of aromatic nitrogens is 6. The topological polar surface area (TPSA) is 81.7 Å². The average molecular weight is 323 g/mol. The molecule has 4 rings (SSSR count). The molecule has 1 fully saturated rings. The lowest BCUT2D eigenvalue weighted by molar-refractivity contribution is 0.0735. The Morgan fingerprint density at radius 2 is 2.25 bits per heavy atom. The number of likely N-dealkylation sites (tertiary alicyclic amines) is 1. The second kappa shape index (κ2) is 5.88. The predicted molar refractivity (Wildman–Crippen MR) is 85.4 cm³/mol. The molecule has 4 heterocycles. The van der Waals surface area contributed by atoms with Crippen LogP contribution in [0.1, 0.15) is 34.8 Å². The van der Waals surface area contributed by atoms with Crippen LogP contribution in [-0.2, 0) is 7.05 Å². The third-order valence-electron chi connectivity index (χ3n) is 4.27. The molecule has 122 valence electrons. The first-order valence-corrected chi connectivity index (χ1v) is 7.83. The summed E-state index contributed by atoms with van der Waals surface area (Å²) in [5, 5.41) is 8.28. The maximum absolute atomic E-state index is 13.0. The molecule has 0 aromatic carbocycles. The van der Waals surface area contributed by atoms with E-state index in [4.69, 9.17) is 0 Å². The van der Waals surface area contributed by atoms with Crippen molar-refractivity contribution in [1.82, 2.24) is 34.4 Å². The van der Waals surface area contributed by atoms with Gasteiger partial charge in [-0.25, -0.2) is 14.6 Å². The molecule has 8 nitrogen and oxygen atoms in total. The van der Waals surface area contributed by atoms with Gasteiger partial charge in [0.2, 0.25) is 0 Å². The highest BCUT2D eigenvalue weighted by Gasteiger charge is 2.31. The van der Waals surface area contributed by atoms with Crippen LogP contribution >= 0.6 is 0 Å². The van der Waals surface area contributed by atoms with Crippen molar-refractivity contribution in [3.8, 4) is 5.82 Å². The SMILES string of the molecule is Cn1cc([C@H]2CCCN2C(=O)c2ccnc(-n3cncn3)c2)cn1. The summed E-state index contributed by atoms with van der Waals surface area (Å²) in [6, 6.07) is 3.56. The first kappa shape index (κ1) is 14.6. The number of nitrogens with zero attached hydrogens (tertiary/aromatic N) is 7. The third-order valence-corrected chi connectivity index (χ3v) is 4.27. The number of hydrogen-bond donors (Lipinski definition) is 0. The Kier molecular flexibility index (Phi) is 3.56. The summed E-state index contributed by atoms with van der Waals surface area (Å²) in [5.41, 5.74) is 1.68. The van der Waals surface area contributed by atoms with Gasteiger partial charge in [0.15, 0.2) is 5.82 Å². The molecule has 0 unspecified atom stereocenters. The van der Waals surface area contributed by atoms with E-state index in [0.29, 0.717) is 11.4 Å². The van der Waals surface area contributed by atoms with Crippen LogP contribution in [0.25, 0.3) is 5.82 Å². The van der Waals surface area contributed by atoms with E-state index in [-0.39, 0.29) is 11.9 Å². The lowest BCUT2D eigenvalue weighted by Crippen LogP contribution is -2.30. The lowest BCUT2D eigenvalue weighted by atomic mass is 10.1. The van der Waals surface area contributed by atoms with Crippen LogP contribution in [0.15, 0.2) is 43.4 Å². The van der Waals surface area contributed by atoms with Crippen LogP contribution in [0.2, 0.25) is 0 Å². The summed E-state index contributed by atoms with van der Waals surface area (Å²) in [4.78, 5) is 23.1. The Balaban J connectivity index is 1.62. The van der Waals surface area contributed by atoms with Crippen molar-refractivity contribution < 1.29 is 4.79 Å². The van der Waals surface area contributed by atoms with Gasteiger partial charge in [0, 0.05) is 37.1 Å². The summed E-state index contributed by atoms with van der Waals surface area (Å²) in [6.07, 6.45) is 10.4. The van der Waals surface area contributed by atoms with Crippen molar-refractivity contribution >= 4 is 5.91 Å². The van der Waals surface area contributed by atoms with Crippen LogP contribution in [0.4, 0.5) is 0 Å². The largest absolute Gasteiger partial charge is 0.331 e. The van der Waals surface area contributed by atoms with Gasteiger partial charge in [-0.15, -0.1) is 0 Å². The van der Waals surface area contributed by atoms with E-state index < -0.39 is 0 Å². The standard InChI is InChI=1S/C16H17N7O/c1-21-9-13(8-19-21)14-3-2-6-22(14)16(24)12-4-5-18-15(7-12)23-11-17-10-20-23/h4-5,7-11,14H,2-3,6H2,1H3/t14-/m1/s1. The Labute approximate surface area is 138 Å². The molecule has 1 saturated heterocycles. The van der Waals surface area contributed by atoms with Crippen LogP contribution in [0.3, 0.4) is 0 Å². The molecule has 3 aromatic heterocycles. The number of pyridine rings is 1. The molecular formula is C16H17N7O. The molecular weight excluding hydrogens is 306 g/mol. The molecule has 0 radical (unpaired) electrons. The minimum Gasteiger partial charge on any atom is -0.331 e. The second-order valence-corrected chi connectivity index (χ2v) is 5.85. The highest BCUT2D eigenvalue weighted by molar-refractivity contribution is 5.95. The van der Waals surface area contributed by atoms with Gasteiger partial charge in [-0.1, -0.05) is 0 Å². The Bertz CT molecular complexity index is 855. The van der Waals surface area contributed by atoms with Gasteiger partial charge in [0.1, 0.15) is 12.7 Å². The van der Waals surface area contributed by atoms with Gasteiger partial charge in [-0.05, 0) is 25.0 Å². The molecule has 0 spiro atoms. The molecule has 24 heavy (non-hydrogen) atoms. The smallest absolute Gasteiger partial charge is 0.254 e. The first-order valence-electron chi connectivity index (χ1n) is 7.83. The van der Waals surface area contributed by atoms with Crippen molar-refractivity contribution in [2.45, 2.75) is 18.9 Å². The zero-order valence-electron chi connectivity index (χ0n) is 13.3. The molecule has 1 amide bonds. The Hall–Kier alpha value is -3.03. The molecule has 1 aliphatic heterocycles. The van der Waals surface area contributed by atoms with Gasteiger partial charge in [0.25, 0.3) is 5.91 Å². The summed E-state index contributed by atoms with van der Waals surface area (Å²) in [5.74, 6) is 0.584. The third kappa shape index (κ3) is 2.55. The zero-order valence-corrected chi connectivity index (χ0v) is 13.3. The maximum Gasteiger partial charge on any atom is 0.254 e. The second-order valence-electron chi connectivity index (χ2n) is 5.85. The summed E-state index contributed by atoms with van der Waals surface area (Å²) in [6.45, 7) is 0.749. The lowest BCUT2D eigenvalue weighted by Gasteiger charge is -2.24. The minimum atomic E-state index is 0.00474. The summed E-state index contributed by atoms with van der Waals surface area (Å²) < 4.78 is 3.31. The van der Waals surface area contributed by atoms with Crippen molar-refractivity contribution in [3.63, 3.8) is 0 Å². The number of carbonyl (C=O) groups is 1. The highest BCUT2D eigenvalue weighted by atomic mass is 16.2. The van der Waals surface area contributed by atoms with E-state index in [1.807, 2.05) is 24.3 Å². The molecule has 1 aliphatic rings. The quantitative estimate of drug-likeness (QED) is 0.727. The number of amides is 1. The fraction of sp³-hybridized carbons (Fsp3) is 0.312. The number of carbonyl (C=O) groups excluding carboxylic acids is 1. The number of hydrogen-bond acceptors (Lipinski definition) is 5. The van der Waals surface area contributed by atoms with E-state index in [2.05, 4.69) is 20.2 Å². The summed E-state index contributed by atoms with van der Waals surface area (Å²) in [7, 11) is 1.89. The van der Waals surface area contributed by atoms with Gasteiger partial charge in [0.05, 0.1) is 12.2 Å².